The van der Waals surface area contributed by atoms with E-state index < -0.39 is 11.9 Å². The minimum atomic E-state index is -0.876. The number of aliphatic carboxylic acids is 1. The zero-order valence-corrected chi connectivity index (χ0v) is 10.2. The van der Waals surface area contributed by atoms with Gasteiger partial charge in [0.05, 0.1) is 11.8 Å². The molecule has 17 heavy (non-hydrogen) atoms. The average molecular weight is 240 g/mol. The van der Waals surface area contributed by atoms with E-state index in [2.05, 4.69) is 5.32 Å². The van der Waals surface area contributed by atoms with Crippen LogP contribution in [-0.2, 0) is 9.59 Å². The lowest BCUT2D eigenvalue weighted by atomic mass is 9.95. The predicted molar refractivity (Wildman–Crippen MR) is 64.2 cm³/mol. The van der Waals surface area contributed by atoms with Gasteiger partial charge in [0.25, 0.3) is 0 Å². The molecule has 3 atom stereocenters. The van der Waals surface area contributed by atoms with Crippen molar-refractivity contribution < 1.29 is 14.7 Å². The summed E-state index contributed by atoms with van der Waals surface area (Å²) >= 11 is 0. The fourth-order valence-electron chi connectivity index (χ4n) is 1.87. The number of amides is 1. The molecule has 3 unspecified atom stereocenters. The van der Waals surface area contributed by atoms with E-state index >= 15 is 0 Å². The van der Waals surface area contributed by atoms with Crippen molar-refractivity contribution in [2.75, 3.05) is 6.54 Å². The molecule has 0 bridgehead atoms. The summed E-state index contributed by atoms with van der Waals surface area (Å²) in [4.78, 5) is 22.7. The Morgan fingerprint density at radius 3 is 2.53 bits per heavy atom. The molecule has 0 heterocycles. The molecule has 1 aliphatic rings. The van der Waals surface area contributed by atoms with E-state index in [4.69, 9.17) is 10.8 Å². The van der Waals surface area contributed by atoms with E-state index in [0.29, 0.717) is 6.42 Å². The summed E-state index contributed by atoms with van der Waals surface area (Å²) in [7, 11) is 0. The second kappa shape index (κ2) is 5.82. The fraction of sp³-hybridized carbons (Fsp3) is 0.667. The second-order valence-electron chi connectivity index (χ2n) is 4.82. The topological polar surface area (TPSA) is 92.4 Å². The number of hydrogen-bond acceptors (Lipinski definition) is 3. The Morgan fingerprint density at radius 1 is 1.47 bits per heavy atom. The van der Waals surface area contributed by atoms with Crippen molar-refractivity contribution in [3.63, 3.8) is 0 Å². The Bertz CT molecular complexity index is 326. The highest BCUT2D eigenvalue weighted by Gasteiger charge is 2.26. The van der Waals surface area contributed by atoms with Gasteiger partial charge in [-0.2, -0.15) is 0 Å². The Morgan fingerprint density at radius 2 is 2.12 bits per heavy atom. The summed E-state index contributed by atoms with van der Waals surface area (Å²) in [5, 5.41) is 11.7. The van der Waals surface area contributed by atoms with Crippen LogP contribution >= 0.6 is 0 Å². The van der Waals surface area contributed by atoms with E-state index in [1.165, 1.54) is 0 Å². The molecule has 0 aliphatic heterocycles. The summed E-state index contributed by atoms with van der Waals surface area (Å²) < 4.78 is 0. The molecule has 0 spiro atoms. The van der Waals surface area contributed by atoms with Gasteiger partial charge in [-0.25, -0.2) is 0 Å². The minimum absolute atomic E-state index is 0.00539. The number of rotatable bonds is 5. The highest BCUT2D eigenvalue weighted by molar-refractivity contribution is 5.81. The number of carbonyl (C=O) groups is 2. The molecule has 5 nitrogen and oxygen atoms in total. The second-order valence-corrected chi connectivity index (χ2v) is 4.82. The largest absolute Gasteiger partial charge is 0.481 e. The first kappa shape index (κ1) is 13.7. The van der Waals surface area contributed by atoms with Crippen LogP contribution in [0, 0.1) is 17.8 Å². The first-order valence-electron chi connectivity index (χ1n) is 5.86. The van der Waals surface area contributed by atoms with E-state index in [1.54, 1.807) is 12.2 Å². The summed E-state index contributed by atoms with van der Waals surface area (Å²) in [6.07, 6.45) is 4.19. The van der Waals surface area contributed by atoms with Crippen LogP contribution in [0.5, 0.6) is 0 Å². The van der Waals surface area contributed by atoms with Crippen LogP contribution in [-0.4, -0.2) is 29.6 Å². The van der Waals surface area contributed by atoms with Gasteiger partial charge in [-0.05, 0) is 12.3 Å². The normalized spacial score (nSPS) is 24.9. The third kappa shape index (κ3) is 3.85. The maximum atomic E-state index is 11.7. The first-order valence-corrected chi connectivity index (χ1v) is 5.86. The van der Waals surface area contributed by atoms with E-state index in [9.17, 15) is 9.59 Å². The monoisotopic (exact) mass is 240 g/mol. The first-order chi connectivity index (χ1) is 7.91. The van der Waals surface area contributed by atoms with Gasteiger partial charge in [0.1, 0.15) is 0 Å². The van der Waals surface area contributed by atoms with Gasteiger partial charge in [-0.3, -0.25) is 9.59 Å². The lowest BCUT2D eigenvalue weighted by Gasteiger charge is -2.18. The van der Waals surface area contributed by atoms with Gasteiger partial charge in [0.15, 0.2) is 0 Å². The maximum Gasteiger partial charge on any atom is 0.308 e. The molecule has 96 valence electrons. The van der Waals surface area contributed by atoms with Crippen molar-refractivity contribution in [3.8, 4) is 0 Å². The molecular formula is C12H20N2O3. The molecule has 4 N–H and O–H groups in total. The molecule has 0 saturated carbocycles. The van der Waals surface area contributed by atoms with Crippen LogP contribution in [0.15, 0.2) is 12.2 Å². The lowest BCUT2D eigenvalue weighted by molar-refractivity contribution is -0.143. The fourth-order valence-corrected chi connectivity index (χ4v) is 1.87. The molecule has 5 heteroatoms. The van der Waals surface area contributed by atoms with Gasteiger partial charge in [-0.1, -0.05) is 26.0 Å². The zero-order valence-electron chi connectivity index (χ0n) is 10.2. The van der Waals surface area contributed by atoms with Gasteiger partial charge < -0.3 is 16.2 Å². The molecule has 0 aromatic carbocycles. The van der Waals surface area contributed by atoms with Crippen LogP contribution in [0.25, 0.3) is 0 Å². The number of carboxylic acid groups (broad SMARTS) is 1. The molecule has 0 aromatic rings. The maximum absolute atomic E-state index is 11.7. The number of hydrogen-bond donors (Lipinski definition) is 3. The number of nitrogens with one attached hydrogen (secondary N) is 1. The highest BCUT2D eigenvalue weighted by atomic mass is 16.4. The third-order valence-electron chi connectivity index (χ3n) is 3.07. The Balaban J connectivity index is 2.42. The molecule has 1 amide bonds. The smallest absolute Gasteiger partial charge is 0.308 e. The molecular weight excluding hydrogens is 220 g/mol. The predicted octanol–water partition coefficient (Wildman–Crippen LogP) is 0.363. The van der Waals surface area contributed by atoms with Gasteiger partial charge in [0, 0.05) is 12.6 Å². The Hall–Kier alpha value is -1.36. The minimum Gasteiger partial charge on any atom is -0.481 e. The number of carbonyl (C=O) groups excluding carboxylic acids is 1. The Kier molecular flexibility index (Phi) is 4.69. The van der Waals surface area contributed by atoms with Crippen LogP contribution in [0.4, 0.5) is 0 Å². The van der Waals surface area contributed by atoms with Crippen LogP contribution in [0.2, 0.25) is 0 Å². The molecule has 1 aliphatic carbocycles. The van der Waals surface area contributed by atoms with Crippen molar-refractivity contribution in [3.05, 3.63) is 12.2 Å². The molecule has 0 fully saturated rings. The van der Waals surface area contributed by atoms with Gasteiger partial charge in [-0.15, -0.1) is 0 Å². The zero-order chi connectivity index (χ0) is 13.0. The summed E-state index contributed by atoms with van der Waals surface area (Å²) in [6.45, 7) is 3.83. The van der Waals surface area contributed by atoms with Crippen molar-refractivity contribution in [1.82, 2.24) is 5.32 Å². The average Bonchev–Trinajstić information content (AvgIpc) is 2.63. The van der Waals surface area contributed by atoms with E-state index in [-0.39, 0.29) is 30.3 Å². The quantitative estimate of drug-likeness (QED) is 0.605. The number of nitrogens with two attached hydrogens (primary N) is 1. The van der Waals surface area contributed by atoms with Gasteiger partial charge >= 0.3 is 5.97 Å². The van der Waals surface area contributed by atoms with Crippen LogP contribution in [0.1, 0.15) is 20.3 Å². The third-order valence-corrected chi connectivity index (χ3v) is 3.07. The van der Waals surface area contributed by atoms with E-state index in [1.807, 2.05) is 13.8 Å². The van der Waals surface area contributed by atoms with Gasteiger partial charge in [0.2, 0.25) is 5.91 Å². The molecule has 0 radical (unpaired) electrons. The van der Waals surface area contributed by atoms with Crippen molar-refractivity contribution in [2.45, 2.75) is 26.3 Å². The number of carboxylic acids is 1. The van der Waals surface area contributed by atoms with Crippen molar-refractivity contribution in [2.24, 2.45) is 23.5 Å². The molecule has 1 rings (SSSR count). The molecule has 0 aromatic heterocycles. The summed E-state index contributed by atoms with van der Waals surface area (Å²) in [5.74, 6) is -1.78. The van der Waals surface area contributed by atoms with Crippen molar-refractivity contribution in [1.29, 1.82) is 0 Å². The SMILES string of the molecule is CC(C)C(CNC(=O)C1C=CC(N)C1)C(=O)O. The standard InChI is InChI=1S/C12H20N2O3/c1-7(2)10(12(16)17)6-14-11(15)8-3-4-9(13)5-8/h3-4,7-10H,5-6,13H2,1-2H3,(H,14,15)(H,16,17). The Labute approximate surface area is 101 Å². The van der Waals surface area contributed by atoms with Crippen molar-refractivity contribution >= 4 is 11.9 Å². The summed E-state index contributed by atoms with van der Waals surface area (Å²) in [6, 6.07) is -0.0638. The van der Waals surface area contributed by atoms with Crippen LogP contribution < -0.4 is 11.1 Å². The highest BCUT2D eigenvalue weighted by Crippen LogP contribution is 2.17. The lowest BCUT2D eigenvalue weighted by Crippen LogP contribution is -2.38. The molecule has 0 saturated heterocycles. The van der Waals surface area contributed by atoms with E-state index in [0.717, 1.165) is 0 Å². The summed E-state index contributed by atoms with van der Waals surface area (Å²) in [5.41, 5.74) is 5.65. The van der Waals surface area contributed by atoms with Crippen LogP contribution in [0.3, 0.4) is 0 Å².